The van der Waals surface area contributed by atoms with E-state index in [9.17, 15) is 28.0 Å². The highest BCUT2D eigenvalue weighted by molar-refractivity contribution is 6.16. The Morgan fingerprint density at radius 1 is 0.513 bits per heavy atom. The van der Waals surface area contributed by atoms with Crippen molar-refractivity contribution in [2.75, 3.05) is 0 Å². The third-order valence-corrected chi connectivity index (χ3v) is 7.16. The van der Waals surface area contributed by atoms with Crippen molar-refractivity contribution >= 4 is 23.9 Å². The summed E-state index contributed by atoms with van der Waals surface area (Å²) in [5, 5.41) is 0. The molecular weight excluding hydrogens is 517 g/mol. The minimum absolute atomic E-state index is 0.0430. The number of hydrogen-bond acceptors (Lipinski definition) is 7. The van der Waals surface area contributed by atoms with Crippen molar-refractivity contribution in [2.45, 2.75) is 5.41 Å². The van der Waals surface area contributed by atoms with Gasteiger partial charge in [-0.1, -0.05) is 36.4 Å². The number of ether oxygens (including phenoxy) is 3. The second-order valence-electron chi connectivity index (χ2n) is 9.08. The van der Waals surface area contributed by atoms with Crippen molar-refractivity contribution in [3.8, 4) is 11.5 Å². The number of rotatable bonds is 2. The number of esters is 4. The van der Waals surface area contributed by atoms with Crippen LogP contribution in [0, 0.1) is 17.5 Å². The molecule has 0 fully saturated rings. The molecule has 3 aliphatic rings. The summed E-state index contributed by atoms with van der Waals surface area (Å²) in [6, 6.07) is 14.9. The van der Waals surface area contributed by atoms with Gasteiger partial charge < -0.3 is 14.2 Å². The number of hydrogen-bond donors (Lipinski definition) is 0. The Hall–Kier alpha value is -5.25. The van der Waals surface area contributed by atoms with Gasteiger partial charge in [0.1, 0.15) is 11.5 Å². The molecule has 0 aromatic heterocycles. The van der Waals surface area contributed by atoms with E-state index >= 15 is 4.39 Å². The van der Waals surface area contributed by atoms with Crippen molar-refractivity contribution in [3.63, 3.8) is 0 Å². The molecule has 3 heterocycles. The molecule has 0 atom stereocenters. The topological polar surface area (TPSA) is 96.0 Å². The van der Waals surface area contributed by atoms with E-state index in [-0.39, 0.29) is 50.4 Å². The number of cyclic esters (lactones) is 4. The predicted molar refractivity (Wildman–Crippen MR) is 124 cm³/mol. The van der Waals surface area contributed by atoms with Gasteiger partial charge >= 0.3 is 23.9 Å². The lowest BCUT2D eigenvalue weighted by Crippen LogP contribution is -2.36. The summed E-state index contributed by atoms with van der Waals surface area (Å²) in [7, 11) is 0. The van der Waals surface area contributed by atoms with Crippen LogP contribution in [-0.4, -0.2) is 23.9 Å². The third kappa shape index (κ3) is 2.88. The number of halogens is 3. The summed E-state index contributed by atoms with van der Waals surface area (Å²) in [6.45, 7) is 0. The molecule has 39 heavy (non-hydrogen) atoms. The molecule has 0 saturated carbocycles. The first-order valence-electron chi connectivity index (χ1n) is 11.5. The quantitative estimate of drug-likeness (QED) is 0.176. The maximum Gasteiger partial charge on any atom is 0.347 e. The fraction of sp³-hybridized carbons (Fsp3) is 0.0345. The van der Waals surface area contributed by atoms with Gasteiger partial charge in [0.25, 0.3) is 0 Å². The van der Waals surface area contributed by atoms with E-state index in [4.69, 9.17) is 14.2 Å². The Balaban J connectivity index is 1.70. The van der Waals surface area contributed by atoms with Gasteiger partial charge in [0.15, 0.2) is 17.5 Å². The summed E-state index contributed by atoms with van der Waals surface area (Å²) in [5.41, 5.74) is -2.32. The smallest absolute Gasteiger partial charge is 0.347 e. The van der Waals surface area contributed by atoms with Gasteiger partial charge in [0, 0.05) is 16.7 Å². The van der Waals surface area contributed by atoms with Crippen LogP contribution in [0.25, 0.3) is 0 Å². The number of benzene rings is 4. The molecule has 3 aliphatic heterocycles. The molecule has 0 unspecified atom stereocenters. The molecule has 4 aromatic rings. The van der Waals surface area contributed by atoms with E-state index < -0.39 is 46.7 Å². The normalized spacial score (nSPS) is 16.1. The number of carbonyl (C=O) groups is 4. The molecule has 4 aromatic carbocycles. The molecule has 7 nitrogen and oxygen atoms in total. The maximum absolute atomic E-state index is 15.8. The molecule has 0 radical (unpaired) electrons. The van der Waals surface area contributed by atoms with Gasteiger partial charge in [-0.2, -0.15) is 0 Å². The first-order chi connectivity index (χ1) is 18.7. The minimum Gasteiger partial charge on any atom is -0.457 e. The monoisotopic (exact) mass is 528 g/mol. The fourth-order valence-electron chi connectivity index (χ4n) is 5.50. The Bertz CT molecular complexity index is 1760. The van der Waals surface area contributed by atoms with Crippen LogP contribution >= 0.6 is 0 Å². The predicted octanol–water partition coefficient (Wildman–Crippen LogP) is 5.21. The van der Waals surface area contributed by atoms with Crippen LogP contribution in [0.15, 0.2) is 66.7 Å². The van der Waals surface area contributed by atoms with Crippen molar-refractivity contribution in [2.24, 2.45) is 0 Å². The Kier molecular flexibility index (Phi) is 4.49. The second-order valence-corrected chi connectivity index (χ2v) is 9.08. The van der Waals surface area contributed by atoms with E-state index in [1.165, 1.54) is 24.3 Å². The zero-order chi connectivity index (χ0) is 27.2. The summed E-state index contributed by atoms with van der Waals surface area (Å²) in [4.78, 5) is 49.7. The van der Waals surface area contributed by atoms with E-state index in [2.05, 4.69) is 0 Å². The van der Waals surface area contributed by atoms with Gasteiger partial charge in [0.2, 0.25) is 0 Å². The third-order valence-electron chi connectivity index (χ3n) is 7.16. The molecule has 0 spiro atoms. The molecular formula is C29H11F3O7. The van der Waals surface area contributed by atoms with E-state index in [1.54, 1.807) is 30.3 Å². The number of carbonyl (C=O) groups excluding carboxylic acids is 4. The van der Waals surface area contributed by atoms with Crippen molar-refractivity contribution in [3.05, 3.63) is 129 Å². The van der Waals surface area contributed by atoms with Gasteiger partial charge in [0.05, 0.1) is 27.7 Å². The van der Waals surface area contributed by atoms with E-state index in [1.807, 2.05) is 0 Å². The van der Waals surface area contributed by atoms with E-state index in [0.29, 0.717) is 5.56 Å². The Labute approximate surface area is 216 Å². The zero-order valence-electron chi connectivity index (χ0n) is 19.3. The van der Waals surface area contributed by atoms with Crippen molar-refractivity contribution in [1.82, 2.24) is 0 Å². The summed E-state index contributed by atoms with van der Waals surface area (Å²) in [5.74, 6) is -8.58. The SMILES string of the molecule is O=C1OC(=O)c2cc3c(cc21)Oc1cc2c(cc1C3(c1ccccc1)c1ccc(F)c(F)c1F)C(=O)OC2=O. The molecule has 0 saturated heterocycles. The standard InChI is InChI=1S/C29H11F3O7/c30-20-7-6-17(23(31)24(20)32)29(12-4-2-1-3-5-12)18-8-13-15(27(35)38-25(13)33)10-21(18)37-22-11-16-14(9-19(22)29)26(34)39-28(16)36/h1-11H. The first kappa shape index (κ1) is 22.9. The number of fused-ring (bicyclic) bond motifs is 4. The highest BCUT2D eigenvalue weighted by atomic mass is 19.2. The summed E-state index contributed by atoms with van der Waals surface area (Å²) >= 11 is 0. The summed E-state index contributed by atoms with van der Waals surface area (Å²) < 4.78 is 60.4. The van der Waals surface area contributed by atoms with Gasteiger partial charge in [-0.25, -0.2) is 32.3 Å². The molecule has 0 bridgehead atoms. The molecule has 0 N–H and O–H groups in total. The maximum atomic E-state index is 15.8. The van der Waals surface area contributed by atoms with Crippen LogP contribution < -0.4 is 4.74 Å². The molecule has 0 amide bonds. The second kappa shape index (κ2) is 7.64. The van der Waals surface area contributed by atoms with Crippen LogP contribution in [0.3, 0.4) is 0 Å². The van der Waals surface area contributed by atoms with Gasteiger partial charge in [-0.15, -0.1) is 0 Å². The van der Waals surface area contributed by atoms with Crippen LogP contribution in [0.5, 0.6) is 11.5 Å². The van der Waals surface area contributed by atoms with Crippen LogP contribution in [0.4, 0.5) is 13.2 Å². The average molecular weight is 528 g/mol. The van der Waals surface area contributed by atoms with Crippen LogP contribution in [0.2, 0.25) is 0 Å². The van der Waals surface area contributed by atoms with Crippen LogP contribution in [0.1, 0.15) is 63.7 Å². The van der Waals surface area contributed by atoms with Gasteiger partial charge in [-0.3, -0.25) is 0 Å². The minimum atomic E-state index is -1.87. The molecule has 190 valence electrons. The fourth-order valence-corrected chi connectivity index (χ4v) is 5.50. The van der Waals surface area contributed by atoms with Crippen molar-refractivity contribution in [1.29, 1.82) is 0 Å². The van der Waals surface area contributed by atoms with E-state index in [0.717, 1.165) is 12.1 Å². The lowest BCUT2D eigenvalue weighted by atomic mass is 9.62. The summed E-state index contributed by atoms with van der Waals surface area (Å²) in [6.07, 6.45) is 0. The Morgan fingerprint density at radius 3 is 1.51 bits per heavy atom. The zero-order valence-corrected chi connectivity index (χ0v) is 19.3. The highest BCUT2D eigenvalue weighted by Crippen LogP contribution is 2.57. The lowest BCUT2D eigenvalue weighted by molar-refractivity contribution is 0.0425. The Morgan fingerprint density at radius 2 is 1.00 bits per heavy atom. The highest BCUT2D eigenvalue weighted by Gasteiger charge is 2.50. The van der Waals surface area contributed by atoms with Crippen molar-refractivity contribution < 1.29 is 46.6 Å². The first-order valence-corrected chi connectivity index (χ1v) is 11.5. The molecule has 0 aliphatic carbocycles. The van der Waals surface area contributed by atoms with Crippen LogP contribution in [-0.2, 0) is 14.9 Å². The lowest BCUT2D eigenvalue weighted by Gasteiger charge is -2.41. The largest absolute Gasteiger partial charge is 0.457 e. The molecule has 7 rings (SSSR count). The average Bonchev–Trinajstić information content (AvgIpc) is 3.37. The molecule has 10 heteroatoms. The van der Waals surface area contributed by atoms with Gasteiger partial charge in [-0.05, 0) is 35.9 Å².